The predicted molar refractivity (Wildman–Crippen MR) is 71.0 cm³/mol. The van der Waals surface area contributed by atoms with E-state index in [0.717, 1.165) is 12.1 Å². The third-order valence-electron chi connectivity index (χ3n) is 2.34. The lowest BCUT2D eigenvalue weighted by Crippen LogP contribution is -2.28. The molecule has 0 aliphatic heterocycles. The zero-order valence-electron chi connectivity index (χ0n) is 11.7. The number of hydrogen-bond acceptors (Lipinski definition) is 4. The SMILES string of the molecule is CC(C)OCCNC(=O)c1ccc(OC(F)(F)F)c(N)c1. The number of hydrogen-bond donors (Lipinski definition) is 2. The zero-order valence-corrected chi connectivity index (χ0v) is 11.7. The molecule has 0 fully saturated rings. The number of alkyl halides is 3. The molecule has 0 unspecified atom stereocenters. The van der Waals surface area contributed by atoms with Gasteiger partial charge in [0.1, 0.15) is 0 Å². The number of nitrogens with one attached hydrogen (secondary N) is 1. The number of ether oxygens (including phenoxy) is 2. The highest BCUT2D eigenvalue weighted by atomic mass is 19.4. The van der Waals surface area contributed by atoms with Crippen LogP contribution in [0.1, 0.15) is 24.2 Å². The number of amides is 1. The Morgan fingerprint density at radius 1 is 1.38 bits per heavy atom. The highest BCUT2D eigenvalue weighted by Gasteiger charge is 2.32. The number of benzene rings is 1. The van der Waals surface area contributed by atoms with E-state index in [-0.39, 0.29) is 23.9 Å². The second-order valence-corrected chi connectivity index (χ2v) is 4.48. The molecule has 3 N–H and O–H groups in total. The van der Waals surface area contributed by atoms with Crippen molar-refractivity contribution in [1.29, 1.82) is 0 Å². The minimum atomic E-state index is -4.83. The molecular formula is C13H17F3N2O3. The lowest BCUT2D eigenvalue weighted by Gasteiger charge is -2.12. The van der Waals surface area contributed by atoms with Crippen LogP contribution in [-0.4, -0.2) is 31.5 Å². The minimum absolute atomic E-state index is 0.0522. The quantitative estimate of drug-likeness (QED) is 0.625. The zero-order chi connectivity index (χ0) is 16.0. The molecule has 1 aromatic carbocycles. The summed E-state index contributed by atoms with van der Waals surface area (Å²) in [6.07, 6.45) is -4.78. The van der Waals surface area contributed by atoms with E-state index in [0.29, 0.717) is 6.61 Å². The van der Waals surface area contributed by atoms with Gasteiger partial charge < -0.3 is 20.5 Å². The van der Waals surface area contributed by atoms with Gasteiger partial charge in [-0.3, -0.25) is 4.79 Å². The smallest absolute Gasteiger partial charge is 0.404 e. The van der Waals surface area contributed by atoms with Gasteiger partial charge in [0.2, 0.25) is 0 Å². The maximum absolute atomic E-state index is 12.1. The van der Waals surface area contributed by atoms with E-state index in [1.54, 1.807) is 0 Å². The molecule has 118 valence electrons. The third-order valence-corrected chi connectivity index (χ3v) is 2.34. The molecule has 0 aliphatic carbocycles. The van der Waals surface area contributed by atoms with E-state index in [2.05, 4.69) is 10.1 Å². The summed E-state index contributed by atoms with van der Waals surface area (Å²) in [6, 6.07) is 3.33. The number of anilines is 1. The lowest BCUT2D eigenvalue weighted by molar-refractivity contribution is -0.274. The summed E-state index contributed by atoms with van der Waals surface area (Å²) in [4.78, 5) is 11.8. The number of halogens is 3. The van der Waals surface area contributed by atoms with Gasteiger partial charge in [-0.2, -0.15) is 0 Å². The topological polar surface area (TPSA) is 73.6 Å². The van der Waals surface area contributed by atoms with Gasteiger partial charge in [-0.1, -0.05) is 0 Å². The molecule has 21 heavy (non-hydrogen) atoms. The molecule has 0 saturated carbocycles. The van der Waals surface area contributed by atoms with Crippen LogP contribution in [0.25, 0.3) is 0 Å². The normalized spacial score (nSPS) is 11.5. The van der Waals surface area contributed by atoms with Gasteiger partial charge in [0.25, 0.3) is 5.91 Å². The lowest BCUT2D eigenvalue weighted by atomic mass is 10.2. The van der Waals surface area contributed by atoms with E-state index < -0.39 is 18.0 Å². The minimum Gasteiger partial charge on any atom is -0.404 e. The molecule has 5 nitrogen and oxygen atoms in total. The average molecular weight is 306 g/mol. The first-order valence-electron chi connectivity index (χ1n) is 6.24. The Morgan fingerprint density at radius 3 is 2.57 bits per heavy atom. The Balaban J connectivity index is 2.60. The number of carbonyl (C=O) groups excluding carboxylic acids is 1. The van der Waals surface area contributed by atoms with Gasteiger partial charge in [0.05, 0.1) is 18.4 Å². The van der Waals surface area contributed by atoms with Crippen molar-refractivity contribution in [2.45, 2.75) is 26.3 Å². The Morgan fingerprint density at radius 2 is 2.05 bits per heavy atom. The largest absolute Gasteiger partial charge is 0.573 e. The fourth-order valence-corrected chi connectivity index (χ4v) is 1.47. The van der Waals surface area contributed by atoms with Gasteiger partial charge in [-0.05, 0) is 32.0 Å². The summed E-state index contributed by atoms with van der Waals surface area (Å²) in [5.41, 5.74) is 5.31. The van der Waals surface area contributed by atoms with E-state index in [1.807, 2.05) is 13.8 Å². The monoisotopic (exact) mass is 306 g/mol. The Labute approximate surface area is 120 Å². The molecule has 0 heterocycles. The molecule has 0 aliphatic rings. The van der Waals surface area contributed by atoms with Crippen LogP contribution in [0.5, 0.6) is 5.75 Å². The van der Waals surface area contributed by atoms with Crippen LogP contribution in [0.4, 0.5) is 18.9 Å². The van der Waals surface area contributed by atoms with Crippen LogP contribution < -0.4 is 15.8 Å². The summed E-state index contributed by atoms with van der Waals surface area (Å²) < 4.78 is 45.2. The first-order valence-corrected chi connectivity index (χ1v) is 6.24. The summed E-state index contributed by atoms with van der Waals surface area (Å²) in [7, 11) is 0. The second kappa shape index (κ2) is 7.16. The summed E-state index contributed by atoms with van der Waals surface area (Å²) in [6.45, 7) is 4.36. The number of carbonyl (C=O) groups is 1. The van der Waals surface area contributed by atoms with Gasteiger partial charge in [-0.25, -0.2) is 0 Å². The van der Waals surface area contributed by atoms with Crippen LogP contribution in [0.15, 0.2) is 18.2 Å². The Bertz CT molecular complexity index is 490. The molecular weight excluding hydrogens is 289 g/mol. The van der Waals surface area contributed by atoms with E-state index in [1.165, 1.54) is 6.07 Å². The van der Waals surface area contributed by atoms with Crippen LogP contribution in [0.2, 0.25) is 0 Å². The van der Waals surface area contributed by atoms with Gasteiger partial charge >= 0.3 is 6.36 Å². The number of rotatable bonds is 6. The van der Waals surface area contributed by atoms with E-state index in [4.69, 9.17) is 10.5 Å². The molecule has 0 radical (unpaired) electrons. The van der Waals surface area contributed by atoms with Gasteiger partial charge in [0.15, 0.2) is 5.75 Å². The molecule has 8 heteroatoms. The first kappa shape index (κ1) is 17.1. The van der Waals surface area contributed by atoms with Crippen molar-refractivity contribution in [3.63, 3.8) is 0 Å². The second-order valence-electron chi connectivity index (χ2n) is 4.48. The van der Waals surface area contributed by atoms with Crippen LogP contribution in [0.3, 0.4) is 0 Å². The summed E-state index contributed by atoms with van der Waals surface area (Å²) in [5, 5.41) is 2.57. The summed E-state index contributed by atoms with van der Waals surface area (Å²) >= 11 is 0. The first-order chi connectivity index (χ1) is 9.69. The Kier molecular flexibility index (Phi) is 5.83. The van der Waals surface area contributed by atoms with Crippen molar-refractivity contribution < 1.29 is 27.4 Å². The maximum atomic E-state index is 12.1. The van der Waals surface area contributed by atoms with Crippen LogP contribution >= 0.6 is 0 Å². The van der Waals surface area contributed by atoms with E-state index >= 15 is 0 Å². The predicted octanol–water partition coefficient (Wildman–Crippen LogP) is 2.32. The number of nitrogens with two attached hydrogens (primary N) is 1. The van der Waals surface area contributed by atoms with Gasteiger partial charge in [0, 0.05) is 12.1 Å². The van der Waals surface area contributed by atoms with Crippen molar-refractivity contribution in [3.8, 4) is 5.75 Å². The molecule has 0 aromatic heterocycles. The molecule has 1 aromatic rings. The highest BCUT2D eigenvalue weighted by molar-refractivity contribution is 5.95. The van der Waals surface area contributed by atoms with Crippen molar-refractivity contribution in [1.82, 2.24) is 5.32 Å². The molecule has 1 rings (SSSR count). The molecule has 0 bridgehead atoms. The van der Waals surface area contributed by atoms with Crippen LogP contribution in [-0.2, 0) is 4.74 Å². The molecule has 0 atom stereocenters. The fraction of sp³-hybridized carbons (Fsp3) is 0.462. The molecule has 1 amide bonds. The van der Waals surface area contributed by atoms with Crippen LogP contribution in [0, 0.1) is 0 Å². The third kappa shape index (κ3) is 6.35. The van der Waals surface area contributed by atoms with Crippen molar-refractivity contribution in [2.24, 2.45) is 0 Å². The van der Waals surface area contributed by atoms with E-state index in [9.17, 15) is 18.0 Å². The number of nitrogen functional groups attached to an aromatic ring is 1. The average Bonchev–Trinajstić information content (AvgIpc) is 2.35. The molecule has 0 spiro atoms. The van der Waals surface area contributed by atoms with Crippen molar-refractivity contribution in [3.05, 3.63) is 23.8 Å². The van der Waals surface area contributed by atoms with Crippen molar-refractivity contribution >= 4 is 11.6 Å². The fourth-order valence-electron chi connectivity index (χ4n) is 1.47. The van der Waals surface area contributed by atoms with Crippen molar-refractivity contribution in [2.75, 3.05) is 18.9 Å². The highest BCUT2D eigenvalue weighted by Crippen LogP contribution is 2.28. The van der Waals surface area contributed by atoms with Gasteiger partial charge in [-0.15, -0.1) is 13.2 Å². The molecule has 0 saturated heterocycles. The Hall–Kier alpha value is -1.96. The standard InChI is InChI=1S/C13H17F3N2O3/c1-8(2)20-6-5-18-12(19)9-3-4-11(10(17)7-9)21-13(14,15)16/h3-4,7-8H,5-6,17H2,1-2H3,(H,18,19). The maximum Gasteiger partial charge on any atom is 0.573 e. The summed E-state index contributed by atoms with van der Waals surface area (Å²) in [5.74, 6) is -0.991.